The SMILES string of the molecule is CN=C(NCCSc1ccccc1)N1CCC(N2CCOCC2)C1.I. The zero-order valence-electron chi connectivity index (χ0n) is 14.9. The Morgan fingerprint density at radius 1 is 1.24 bits per heavy atom. The van der Waals surface area contributed by atoms with Gasteiger partial charge in [-0.1, -0.05) is 18.2 Å². The average Bonchev–Trinajstić information content (AvgIpc) is 3.13. The highest BCUT2D eigenvalue weighted by Gasteiger charge is 2.30. The number of aliphatic imine (C=N–C) groups is 1. The number of nitrogens with one attached hydrogen (secondary N) is 1. The summed E-state index contributed by atoms with van der Waals surface area (Å²) in [7, 11) is 1.88. The van der Waals surface area contributed by atoms with Crippen molar-refractivity contribution in [1.29, 1.82) is 0 Å². The first-order valence-electron chi connectivity index (χ1n) is 8.82. The molecule has 2 saturated heterocycles. The second-order valence-electron chi connectivity index (χ2n) is 6.17. The Morgan fingerprint density at radius 3 is 2.72 bits per heavy atom. The van der Waals surface area contributed by atoms with E-state index in [-0.39, 0.29) is 24.0 Å². The number of hydrogen-bond donors (Lipinski definition) is 1. The lowest BCUT2D eigenvalue weighted by molar-refractivity contribution is 0.0195. The minimum Gasteiger partial charge on any atom is -0.379 e. The van der Waals surface area contributed by atoms with Gasteiger partial charge in [0, 0.05) is 56.5 Å². The highest BCUT2D eigenvalue weighted by atomic mass is 127. The van der Waals surface area contributed by atoms with E-state index in [0.717, 1.165) is 57.6 Å². The molecule has 0 spiro atoms. The lowest BCUT2D eigenvalue weighted by Crippen LogP contribution is -2.47. The molecule has 3 rings (SSSR count). The van der Waals surface area contributed by atoms with E-state index in [1.807, 2.05) is 18.8 Å². The Labute approximate surface area is 172 Å². The van der Waals surface area contributed by atoms with Crippen molar-refractivity contribution in [3.8, 4) is 0 Å². The zero-order chi connectivity index (χ0) is 16.6. The van der Waals surface area contributed by atoms with Gasteiger partial charge in [-0.2, -0.15) is 0 Å². The molecular formula is C18H29IN4OS. The lowest BCUT2D eigenvalue weighted by atomic mass is 10.2. The van der Waals surface area contributed by atoms with Gasteiger partial charge in [-0.05, 0) is 18.6 Å². The van der Waals surface area contributed by atoms with E-state index in [4.69, 9.17) is 4.74 Å². The number of rotatable bonds is 5. The second-order valence-corrected chi connectivity index (χ2v) is 7.34. The van der Waals surface area contributed by atoms with Gasteiger partial charge in [-0.15, -0.1) is 35.7 Å². The van der Waals surface area contributed by atoms with E-state index >= 15 is 0 Å². The van der Waals surface area contributed by atoms with Crippen LogP contribution in [0, 0.1) is 0 Å². The predicted molar refractivity (Wildman–Crippen MR) is 116 cm³/mol. The third-order valence-corrected chi connectivity index (χ3v) is 5.65. The van der Waals surface area contributed by atoms with Crippen LogP contribution in [-0.4, -0.2) is 80.5 Å². The number of nitrogens with zero attached hydrogens (tertiary/aromatic N) is 3. The first kappa shape index (κ1) is 20.8. The van der Waals surface area contributed by atoms with Crippen LogP contribution < -0.4 is 5.32 Å². The van der Waals surface area contributed by atoms with Crippen molar-refractivity contribution in [3.05, 3.63) is 30.3 Å². The number of hydrogen-bond acceptors (Lipinski definition) is 4. The van der Waals surface area contributed by atoms with Gasteiger partial charge >= 0.3 is 0 Å². The van der Waals surface area contributed by atoms with Crippen LogP contribution in [0.4, 0.5) is 0 Å². The van der Waals surface area contributed by atoms with E-state index in [9.17, 15) is 0 Å². The molecule has 0 saturated carbocycles. The average molecular weight is 476 g/mol. The molecule has 1 N–H and O–H groups in total. The molecule has 25 heavy (non-hydrogen) atoms. The molecule has 5 nitrogen and oxygen atoms in total. The largest absolute Gasteiger partial charge is 0.379 e. The van der Waals surface area contributed by atoms with Crippen LogP contribution in [0.5, 0.6) is 0 Å². The molecule has 2 heterocycles. The monoisotopic (exact) mass is 476 g/mol. The van der Waals surface area contributed by atoms with Gasteiger partial charge < -0.3 is 15.0 Å². The van der Waals surface area contributed by atoms with Gasteiger partial charge in [0.15, 0.2) is 5.96 Å². The number of guanidine groups is 1. The summed E-state index contributed by atoms with van der Waals surface area (Å²) in [4.78, 5) is 10.8. The number of thioether (sulfide) groups is 1. The van der Waals surface area contributed by atoms with Crippen molar-refractivity contribution in [1.82, 2.24) is 15.1 Å². The molecule has 0 radical (unpaired) electrons. The van der Waals surface area contributed by atoms with Crippen LogP contribution in [-0.2, 0) is 4.74 Å². The molecule has 0 aromatic heterocycles. The number of morpholine rings is 1. The molecule has 2 fully saturated rings. The third-order valence-electron chi connectivity index (χ3n) is 4.63. The fourth-order valence-electron chi connectivity index (χ4n) is 3.36. The highest BCUT2D eigenvalue weighted by Crippen LogP contribution is 2.18. The van der Waals surface area contributed by atoms with Gasteiger partial charge in [-0.25, -0.2) is 0 Å². The van der Waals surface area contributed by atoms with Crippen molar-refractivity contribution >= 4 is 41.7 Å². The smallest absolute Gasteiger partial charge is 0.193 e. The molecule has 1 unspecified atom stereocenters. The van der Waals surface area contributed by atoms with Crippen molar-refractivity contribution in [2.75, 3.05) is 58.7 Å². The number of likely N-dealkylation sites (tertiary alicyclic amines) is 1. The normalized spacial score (nSPS) is 21.9. The van der Waals surface area contributed by atoms with E-state index in [1.54, 1.807) is 0 Å². The Bertz CT molecular complexity index is 525. The maximum atomic E-state index is 5.46. The van der Waals surface area contributed by atoms with Gasteiger partial charge in [0.25, 0.3) is 0 Å². The predicted octanol–water partition coefficient (Wildman–Crippen LogP) is 2.38. The molecule has 1 aromatic rings. The minimum absolute atomic E-state index is 0. The molecule has 1 atom stereocenters. The molecule has 0 bridgehead atoms. The summed E-state index contributed by atoms with van der Waals surface area (Å²) in [5, 5.41) is 3.52. The molecule has 0 amide bonds. The van der Waals surface area contributed by atoms with Crippen LogP contribution in [0.2, 0.25) is 0 Å². The minimum atomic E-state index is 0. The summed E-state index contributed by atoms with van der Waals surface area (Å²) in [5.74, 6) is 2.09. The molecule has 2 aliphatic rings. The maximum absolute atomic E-state index is 5.46. The van der Waals surface area contributed by atoms with E-state index in [2.05, 4.69) is 50.4 Å². The zero-order valence-corrected chi connectivity index (χ0v) is 18.0. The molecule has 0 aliphatic carbocycles. The number of benzene rings is 1. The Kier molecular flexibility index (Phi) is 9.36. The quantitative estimate of drug-likeness (QED) is 0.232. The lowest BCUT2D eigenvalue weighted by Gasteiger charge is -2.32. The van der Waals surface area contributed by atoms with E-state index in [0.29, 0.717) is 6.04 Å². The van der Waals surface area contributed by atoms with Crippen molar-refractivity contribution in [3.63, 3.8) is 0 Å². The summed E-state index contributed by atoms with van der Waals surface area (Å²) >= 11 is 1.88. The number of halogens is 1. The topological polar surface area (TPSA) is 40.1 Å². The summed E-state index contributed by atoms with van der Waals surface area (Å²) in [6.45, 7) is 6.99. The summed E-state index contributed by atoms with van der Waals surface area (Å²) in [5.41, 5.74) is 0. The van der Waals surface area contributed by atoms with Gasteiger partial charge in [-0.3, -0.25) is 9.89 Å². The van der Waals surface area contributed by atoms with Gasteiger partial charge in [0.2, 0.25) is 0 Å². The summed E-state index contributed by atoms with van der Waals surface area (Å²) < 4.78 is 5.46. The second kappa shape index (κ2) is 11.3. The first-order chi connectivity index (χ1) is 11.9. The maximum Gasteiger partial charge on any atom is 0.193 e. The fraction of sp³-hybridized carbons (Fsp3) is 0.611. The standard InChI is InChI=1S/C18H28N4OS.HI/c1-19-18(20-8-14-24-17-5-3-2-4-6-17)22-9-7-16(15-22)21-10-12-23-13-11-21;/h2-6,16H,7-15H2,1H3,(H,19,20);1H. The van der Waals surface area contributed by atoms with E-state index in [1.165, 1.54) is 11.3 Å². The van der Waals surface area contributed by atoms with Crippen LogP contribution >= 0.6 is 35.7 Å². The Morgan fingerprint density at radius 2 is 2.00 bits per heavy atom. The van der Waals surface area contributed by atoms with Crippen molar-refractivity contribution < 1.29 is 4.74 Å². The van der Waals surface area contributed by atoms with E-state index < -0.39 is 0 Å². The molecule has 140 valence electrons. The van der Waals surface area contributed by atoms with Crippen LogP contribution in [0.15, 0.2) is 40.2 Å². The molecule has 1 aromatic carbocycles. The van der Waals surface area contributed by atoms with Crippen LogP contribution in [0.3, 0.4) is 0 Å². The molecular weight excluding hydrogens is 447 g/mol. The van der Waals surface area contributed by atoms with Crippen molar-refractivity contribution in [2.24, 2.45) is 4.99 Å². The molecule has 7 heteroatoms. The number of ether oxygens (including phenoxy) is 1. The van der Waals surface area contributed by atoms with Crippen LogP contribution in [0.1, 0.15) is 6.42 Å². The van der Waals surface area contributed by atoms with Crippen molar-refractivity contribution in [2.45, 2.75) is 17.4 Å². The first-order valence-corrected chi connectivity index (χ1v) is 9.80. The fourth-order valence-corrected chi connectivity index (χ4v) is 4.14. The Hall–Kier alpha value is -0.510. The third kappa shape index (κ3) is 6.30. The summed E-state index contributed by atoms with van der Waals surface area (Å²) in [6.07, 6.45) is 1.22. The summed E-state index contributed by atoms with van der Waals surface area (Å²) in [6, 6.07) is 11.2. The van der Waals surface area contributed by atoms with Gasteiger partial charge in [0.1, 0.15) is 0 Å². The van der Waals surface area contributed by atoms with Crippen LogP contribution in [0.25, 0.3) is 0 Å². The highest BCUT2D eigenvalue weighted by molar-refractivity contribution is 14.0. The Balaban J connectivity index is 0.00000225. The molecule has 2 aliphatic heterocycles. The van der Waals surface area contributed by atoms with Gasteiger partial charge in [0.05, 0.1) is 13.2 Å².